The van der Waals surface area contributed by atoms with Gasteiger partial charge in [0.25, 0.3) is 0 Å². The van der Waals surface area contributed by atoms with Crippen molar-refractivity contribution in [3.63, 3.8) is 0 Å². The highest BCUT2D eigenvalue weighted by molar-refractivity contribution is 14.1. The van der Waals surface area contributed by atoms with Crippen LogP contribution in [0.2, 0.25) is 5.02 Å². The lowest BCUT2D eigenvalue weighted by Gasteiger charge is -1.95. The van der Waals surface area contributed by atoms with Gasteiger partial charge in [-0.15, -0.1) is 0 Å². The van der Waals surface area contributed by atoms with E-state index in [0.29, 0.717) is 5.02 Å². The van der Waals surface area contributed by atoms with Crippen molar-refractivity contribution in [2.45, 2.75) is 0 Å². The van der Waals surface area contributed by atoms with Gasteiger partial charge in [-0.3, -0.25) is 0 Å². The zero-order valence-corrected chi connectivity index (χ0v) is 7.35. The molecule has 3 heteroatoms. The molecule has 0 saturated heterocycles. The van der Waals surface area contributed by atoms with Crippen LogP contribution in [0.4, 0.5) is 0 Å². The summed E-state index contributed by atoms with van der Waals surface area (Å²) in [5, 5.41) is 9.47. The van der Waals surface area contributed by atoms with Crippen LogP contribution in [-0.4, -0.2) is 5.11 Å². The van der Waals surface area contributed by atoms with E-state index in [2.05, 4.69) is 0 Å². The molecule has 9 heavy (non-hydrogen) atoms. The molecular weight excluding hydrogens is 250 g/mol. The zero-order valence-electron chi connectivity index (χ0n) is 4.44. The summed E-state index contributed by atoms with van der Waals surface area (Å²) >= 11 is 7.57. The van der Waals surface area contributed by atoms with Gasteiger partial charge in [-0.05, 0) is 34.7 Å². The lowest BCUT2D eigenvalue weighted by atomic mass is 10.3. The zero-order chi connectivity index (χ0) is 6.85. The van der Waals surface area contributed by atoms with Crippen LogP contribution in [0.25, 0.3) is 0 Å². The maximum atomic E-state index is 9.07. The first kappa shape index (κ1) is 7.15. The molecule has 0 spiro atoms. The first-order valence-electron chi connectivity index (χ1n) is 2.35. The number of hydrogen-bond donors (Lipinski definition) is 1. The number of rotatable bonds is 0. The van der Waals surface area contributed by atoms with Crippen molar-refractivity contribution in [2.75, 3.05) is 0 Å². The summed E-state index contributed by atoms with van der Waals surface area (Å²) < 4.78 is 0.778. The van der Waals surface area contributed by atoms with E-state index in [1.165, 1.54) is 0 Å². The molecule has 0 aromatic heterocycles. The Hall–Kier alpha value is 0.0400. The quantitative estimate of drug-likeness (QED) is 0.706. The third kappa shape index (κ3) is 1.49. The Balaban J connectivity index is 3.25. The molecule has 0 heterocycles. The van der Waals surface area contributed by atoms with Crippen LogP contribution >= 0.6 is 34.2 Å². The van der Waals surface area contributed by atoms with Crippen molar-refractivity contribution >= 4 is 34.2 Å². The minimum Gasteiger partial charge on any atom is -0.505 e. The number of phenols is 1. The van der Waals surface area contributed by atoms with E-state index in [0.717, 1.165) is 3.57 Å². The predicted octanol–water partition coefficient (Wildman–Crippen LogP) is 2.65. The summed E-state index contributed by atoms with van der Waals surface area (Å²) in [6.45, 7) is 0. The van der Waals surface area contributed by atoms with E-state index in [9.17, 15) is 0 Å². The van der Waals surface area contributed by atoms with Gasteiger partial charge in [0.2, 0.25) is 0 Å². The van der Waals surface area contributed by atoms with Gasteiger partial charge in [-0.25, -0.2) is 0 Å². The predicted molar refractivity (Wildman–Crippen MR) is 45.8 cm³/mol. The van der Waals surface area contributed by atoms with Gasteiger partial charge in [0.15, 0.2) is 0 Å². The number of phenolic OH excluding ortho intramolecular Hbond substituents is 1. The van der Waals surface area contributed by atoms with Gasteiger partial charge in [-0.2, -0.15) is 0 Å². The molecule has 0 unspecified atom stereocenters. The summed E-state index contributed by atoms with van der Waals surface area (Å²) in [6, 6.07) is 5.24. The Morgan fingerprint density at radius 2 is 2.11 bits per heavy atom. The van der Waals surface area contributed by atoms with Crippen molar-refractivity contribution in [3.8, 4) is 5.75 Å². The highest BCUT2D eigenvalue weighted by atomic mass is 127. The molecule has 0 aliphatic rings. The molecule has 0 radical (unpaired) electrons. The minimum atomic E-state index is 0.166. The van der Waals surface area contributed by atoms with Crippen LogP contribution in [0.5, 0.6) is 5.75 Å². The Labute approximate surface area is 71.8 Å². The number of para-hydroxylation sites is 1. The molecule has 0 amide bonds. The number of aromatic hydroxyl groups is 1. The molecule has 0 bridgehead atoms. The average Bonchev–Trinajstić information content (AvgIpc) is 1.83. The molecule has 1 N–H and O–H groups in total. The maximum Gasteiger partial charge on any atom is 0.147 e. The van der Waals surface area contributed by atoms with Crippen molar-refractivity contribution in [2.24, 2.45) is 0 Å². The summed E-state index contributed by atoms with van der Waals surface area (Å²) in [5.41, 5.74) is 0. The molecule has 0 saturated carbocycles. The highest BCUT2D eigenvalue weighted by Crippen LogP contribution is 2.27. The smallest absolute Gasteiger partial charge is 0.147 e. The summed E-state index contributed by atoms with van der Waals surface area (Å²) in [7, 11) is 0. The largest absolute Gasteiger partial charge is 0.505 e. The highest BCUT2D eigenvalue weighted by Gasteiger charge is 1.98. The van der Waals surface area contributed by atoms with Gasteiger partial charge in [0, 0.05) is 0 Å². The monoisotopic (exact) mass is 254 g/mol. The fraction of sp³-hybridized carbons (Fsp3) is 0. The Morgan fingerprint density at radius 3 is 2.56 bits per heavy atom. The van der Waals surface area contributed by atoms with Crippen molar-refractivity contribution in [1.29, 1.82) is 0 Å². The van der Waals surface area contributed by atoms with Gasteiger partial charge in [-0.1, -0.05) is 17.7 Å². The Bertz CT molecular complexity index is 204. The fourth-order valence-electron chi connectivity index (χ4n) is 0.489. The van der Waals surface area contributed by atoms with Crippen molar-refractivity contribution < 1.29 is 5.11 Å². The number of benzene rings is 1. The van der Waals surface area contributed by atoms with Gasteiger partial charge in [0.05, 0.1) is 8.59 Å². The molecule has 0 aliphatic heterocycles. The SMILES string of the molecule is Oc1c(Cl)cccc1I. The third-order valence-electron chi connectivity index (χ3n) is 0.938. The van der Waals surface area contributed by atoms with E-state index < -0.39 is 0 Å². The van der Waals surface area contributed by atoms with Crippen molar-refractivity contribution in [1.82, 2.24) is 0 Å². The topological polar surface area (TPSA) is 20.2 Å². The van der Waals surface area contributed by atoms with E-state index in [1.807, 2.05) is 22.6 Å². The van der Waals surface area contributed by atoms with Gasteiger partial charge in [0.1, 0.15) is 5.75 Å². The maximum absolute atomic E-state index is 9.07. The molecule has 0 aliphatic carbocycles. The minimum absolute atomic E-state index is 0.166. The first-order valence-corrected chi connectivity index (χ1v) is 3.80. The van der Waals surface area contributed by atoms with E-state index in [-0.39, 0.29) is 5.75 Å². The second-order valence-corrected chi connectivity index (χ2v) is 3.14. The standard InChI is InChI=1S/C6H4ClIO/c7-4-2-1-3-5(8)6(4)9/h1-3,9H. The molecule has 1 rings (SSSR count). The summed E-state index contributed by atoms with van der Waals surface area (Å²) in [5.74, 6) is 0.166. The summed E-state index contributed by atoms with van der Waals surface area (Å²) in [4.78, 5) is 0. The molecule has 1 aromatic rings. The van der Waals surface area contributed by atoms with E-state index in [4.69, 9.17) is 16.7 Å². The first-order chi connectivity index (χ1) is 4.22. The molecule has 0 atom stereocenters. The van der Waals surface area contributed by atoms with Crippen LogP contribution < -0.4 is 0 Å². The summed E-state index contributed by atoms with van der Waals surface area (Å²) in [6.07, 6.45) is 0. The molecule has 0 fully saturated rings. The third-order valence-corrected chi connectivity index (χ3v) is 2.11. The van der Waals surface area contributed by atoms with Crippen LogP contribution in [0.15, 0.2) is 18.2 Å². The Morgan fingerprint density at radius 1 is 1.44 bits per heavy atom. The molecular formula is C6H4ClIO. The fourth-order valence-corrected chi connectivity index (χ4v) is 1.32. The average molecular weight is 254 g/mol. The lowest BCUT2D eigenvalue weighted by molar-refractivity contribution is 0.472. The van der Waals surface area contributed by atoms with Crippen LogP contribution in [0, 0.1) is 3.57 Å². The second-order valence-electron chi connectivity index (χ2n) is 1.57. The van der Waals surface area contributed by atoms with Gasteiger partial charge < -0.3 is 5.11 Å². The van der Waals surface area contributed by atoms with Crippen LogP contribution in [-0.2, 0) is 0 Å². The normalized spacial score (nSPS) is 9.56. The van der Waals surface area contributed by atoms with Crippen molar-refractivity contribution in [3.05, 3.63) is 26.8 Å². The Kier molecular flexibility index (Phi) is 2.18. The van der Waals surface area contributed by atoms with Gasteiger partial charge >= 0.3 is 0 Å². The van der Waals surface area contributed by atoms with Crippen LogP contribution in [0.1, 0.15) is 0 Å². The molecule has 48 valence electrons. The number of hydrogen-bond acceptors (Lipinski definition) is 1. The second kappa shape index (κ2) is 2.75. The molecule has 1 aromatic carbocycles. The lowest BCUT2D eigenvalue weighted by Crippen LogP contribution is -1.72. The van der Waals surface area contributed by atoms with Crippen LogP contribution in [0.3, 0.4) is 0 Å². The van der Waals surface area contributed by atoms with E-state index >= 15 is 0 Å². The molecule has 1 nitrogen and oxygen atoms in total. The van der Waals surface area contributed by atoms with E-state index in [1.54, 1.807) is 18.2 Å². The number of halogens is 2.